The number of aliphatic imine (C=N–C) groups is 1. The smallest absolute Gasteiger partial charge is 0.219 e. The molecule has 24 heavy (non-hydrogen) atoms. The molecule has 3 heterocycles. The lowest BCUT2D eigenvalue weighted by Crippen LogP contribution is -2.52. The second kappa shape index (κ2) is 5.99. The van der Waals surface area contributed by atoms with Gasteiger partial charge in [-0.25, -0.2) is 0 Å². The van der Waals surface area contributed by atoms with Crippen molar-refractivity contribution in [3.8, 4) is 0 Å². The Morgan fingerprint density at radius 2 is 1.79 bits per heavy atom. The van der Waals surface area contributed by atoms with Crippen molar-refractivity contribution < 1.29 is 4.79 Å². The lowest BCUT2D eigenvalue weighted by molar-refractivity contribution is -0.130. The number of para-hydroxylation sites is 1. The Morgan fingerprint density at radius 1 is 1.12 bits per heavy atom. The van der Waals surface area contributed by atoms with Crippen LogP contribution in [0.5, 0.6) is 0 Å². The lowest BCUT2D eigenvalue weighted by Gasteiger charge is -2.45. The SMILES string of the molecule is CC(=O)N1CCC(N2CCC3(CC2)C(C)=Nc2ccccc23)CC1. The monoisotopic (exact) mass is 325 g/mol. The Bertz CT molecular complexity index is 665. The van der Waals surface area contributed by atoms with Gasteiger partial charge in [-0.1, -0.05) is 18.2 Å². The Kier molecular flexibility index (Phi) is 3.95. The summed E-state index contributed by atoms with van der Waals surface area (Å²) in [6.07, 6.45) is 4.59. The van der Waals surface area contributed by atoms with Crippen LogP contribution >= 0.6 is 0 Å². The van der Waals surface area contributed by atoms with E-state index in [9.17, 15) is 4.79 Å². The standard InChI is InChI=1S/C20H27N3O/c1-15-20(18-5-3-4-6-19(18)21-15)9-13-23(14-10-20)17-7-11-22(12-8-17)16(2)24/h3-6,17H,7-14H2,1-2H3. The number of rotatable bonds is 1. The van der Waals surface area contributed by atoms with Crippen LogP contribution in [0.2, 0.25) is 0 Å². The Balaban J connectivity index is 1.43. The van der Waals surface area contributed by atoms with E-state index in [2.05, 4.69) is 36.1 Å². The molecule has 4 nitrogen and oxygen atoms in total. The number of piperidine rings is 2. The summed E-state index contributed by atoms with van der Waals surface area (Å²) in [6, 6.07) is 9.31. The predicted molar refractivity (Wildman–Crippen MR) is 97.0 cm³/mol. The highest BCUT2D eigenvalue weighted by molar-refractivity contribution is 6.00. The first kappa shape index (κ1) is 15.8. The maximum atomic E-state index is 11.5. The van der Waals surface area contributed by atoms with Crippen LogP contribution in [0.1, 0.15) is 45.1 Å². The molecule has 1 aromatic carbocycles. The number of carbonyl (C=O) groups is 1. The minimum absolute atomic E-state index is 0.174. The second-order valence-electron chi connectivity index (χ2n) is 7.57. The molecule has 3 aliphatic rings. The van der Waals surface area contributed by atoms with Gasteiger partial charge in [0.15, 0.2) is 0 Å². The molecule has 0 atom stereocenters. The van der Waals surface area contributed by atoms with Crippen LogP contribution < -0.4 is 0 Å². The van der Waals surface area contributed by atoms with Crippen LogP contribution in [-0.2, 0) is 10.2 Å². The molecule has 0 bridgehead atoms. The quantitative estimate of drug-likeness (QED) is 0.795. The highest BCUT2D eigenvalue weighted by Crippen LogP contribution is 2.47. The van der Waals surface area contributed by atoms with Crippen molar-refractivity contribution in [1.82, 2.24) is 9.80 Å². The molecule has 128 valence electrons. The summed E-state index contributed by atoms with van der Waals surface area (Å²) in [5.41, 5.74) is 4.09. The summed E-state index contributed by atoms with van der Waals surface area (Å²) >= 11 is 0. The van der Waals surface area contributed by atoms with Crippen molar-refractivity contribution in [3.63, 3.8) is 0 Å². The third kappa shape index (κ3) is 2.48. The molecule has 4 heteroatoms. The molecule has 4 rings (SSSR count). The summed E-state index contributed by atoms with van der Waals surface area (Å²) < 4.78 is 0. The van der Waals surface area contributed by atoms with Crippen LogP contribution in [-0.4, -0.2) is 53.6 Å². The van der Waals surface area contributed by atoms with E-state index in [1.165, 1.54) is 29.8 Å². The molecule has 2 saturated heterocycles. The van der Waals surface area contributed by atoms with Crippen molar-refractivity contribution in [2.75, 3.05) is 26.2 Å². The molecule has 1 amide bonds. The van der Waals surface area contributed by atoms with Crippen molar-refractivity contribution in [2.45, 2.75) is 51.0 Å². The van der Waals surface area contributed by atoms with Gasteiger partial charge >= 0.3 is 0 Å². The Morgan fingerprint density at radius 3 is 2.46 bits per heavy atom. The summed E-state index contributed by atoms with van der Waals surface area (Å²) in [5.74, 6) is 0.223. The molecule has 0 N–H and O–H groups in total. The topological polar surface area (TPSA) is 35.9 Å². The number of fused-ring (bicyclic) bond motifs is 2. The number of hydrogen-bond donors (Lipinski definition) is 0. The minimum Gasteiger partial charge on any atom is -0.343 e. The summed E-state index contributed by atoms with van der Waals surface area (Å²) in [5, 5.41) is 0. The van der Waals surface area contributed by atoms with Gasteiger partial charge in [0, 0.05) is 37.2 Å². The summed E-state index contributed by atoms with van der Waals surface area (Å²) in [7, 11) is 0. The van der Waals surface area contributed by atoms with E-state index >= 15 is 0 Å². The van der Waals surface area contributed by atoms with E-state index in [4.69, 9.17) is 4.99 Å². The van der Waals surface area contributed by atoms with Crippen LogP contribution in [0.15, 0.2) is 29.3 Å². The fraction of sp³-hybridized carbons (Fsp3) is 0.600. The van der Waals surface area contributed by atoms with Crippen LogP contribution in [0.25, 0.3) is 0 Å². The zero-order valence-corrected chi connectivity index (χ0v) is 14.8. The van der Waals surface area contributed by atoms with Crippen molar-refractivity contribution in [2.24, 2.45) is 4.99 Å². The van der Waals surface area contributed by atoms with E-state index < -0.39 is 0 Å². The first-order valence-electron chi connectivity index (χ1n) is 9.25. The fourth-order valence-corrected chi connectivity index (χ4v) is 4.91. The van der Waals surface area contributed by atoms with E-state index in [0.29, 0.717) is 6.04 Å². The van der Waals surface area contributed by atoms with Crippen LogP contribution in [0.4, 0.5) is 5.69 Å². The molecular weight excluding hydrogens is 298 g/mol. The van der Waals surface area contributed by atoms with Gasteiger partial charge in [-0.05, 0) is 57.3 Å². The zero-order chi connectivity index (χ0) is 16.7. The molecule has 0 radical (unpaired) electrons. The third-order valence-corrected chi connectivity index (χ3v) is 6.48. The maximum Gasteiger partial charge on any atom is 0.219 e. The molecule has 0 unspecified atom stereocenters. The van der Waals surface area contributed by atoms with Gasteiger partial charge < -0.3 is 9.80 Å². The largest absolute Gasteiger partial charge is 0.343 e. The first-order valence-corrected chi connectivity index (χ1v) is 9.25. The van der Waals surface area contributed by atoms with Gasteiger partial charge in [0.1, 0.15) is 0 Å². The molecule has 0 aromatic heterocycles. The minimum atomic E-state index is 0.174. The third-order valence-electron chi connectivity index (χ3n) is 6.48. The number of benzene rings is 1. The number of likely N-dealkylation sites (tertiary alicyclic amines) is 2. The average molecular weight is 325 g/mol. The molecule has 0 saturated carbocycles. The lowest BCUT2D eigenvalue weighted by atomic mass is 9.70. The van der Waals surface area contributed by atoms with Gasteiger partial charge in [-0.15, -0.1) is 0 Å². The number of amides is 1. The van der Waals surface area contributed by atoms with Gasteiger partial charge in [-0.2, -0.15) is 0 Å². The second-order valence-corrected chi connectivity index (χ2v) is 7.57. The van der Waals surface area contributed by atoms with Crippen molar-refractivity contribution >= 4 is 17.3 Å². The van der Waals surface area contributed by atoms with E-state index in [-0.39, 0.29) is 11.3 Å². The molecule has 1 spiro atoms. The number of carbonyl (C=O) groups excluding carboxylic acids is 1. The van der Waals surface area contributed by atoms with Gasteiger partial charge in [-0.3, -0.25) is 9.79 Å². The summed E-state index contributed by atoms with van der Waals surface area (Å²) in [6.45, 7) is 8.03. The average Bonchev–Trinajstić information content (AvgIpc) is 2.88. The van der Waals surface area contributed by atoms with Gasteiger partial charge in [0.2, 0.25) is 5.91 Å². The number of hydrogen-bond acceptors (Lipinski definition) is 3. The maximum absolute atomic E-state index is 11.5. The fourth-order valence-electron chi connectivity index (χ4n) is 4.91. The number of nitrogens with zero attached hydrogens (tertiary/aromatic N) is 3. The van der Waals surface area contributed by atoms with Crippen molar-refractivity contribution in [1.29, 1.82) is 0 Å². The molecular formula is C20H27N3O. The zero-order valence-electron chi connectivity index (χ0n) is 14.8. The Hall–Kier alpha value is -1.68. The molecule has 0 aliphatic carbocycles. The van der Waals surface area contributed by atoms with E-state index in [1.54, 1.807) is 6.92 Å². The molecule has 1 aromatic rings. The highest BCUT2D eigenvalue weighted by Gasteiger charge is 2.44. The van der Waals surface area contributed by atoms with Crippen LogP contribution in [0, 0.1) is 0 Å². The van der Waals surface area contributed by atoms with Crippen LogP contribution in [0.3, 0.4) is 0 Å². The summed E-state index contributed by atoms with van der Waals surface area (Å²) in [4.78, 5) is 21.0. The Labute approximate surface area is 144 Å². The highest BCUT2D eigenvalue weighted by atomic mass is 16.2. The van der Waals surface area contributed by atoms with Crippen molar-refractivity contribution in [3.05, 3.63) is 29.8 Å². The molecule has 2 fully saturated rings. The molecule has 3 aliphatic heterocycles. The van der Waals surface area contributed by atoms with Gasteiger partial charge in [0.25, 0.3) is 0 Å². The normalized spacial score (nSPS) is 24.1. The first-order chi connectivity index (χ1) is 11.6. The predicted octanol–water partition coefficient (Wildman–Crippen LogP) is 3.14. The van der Waals surface area contributed by atoms with E-state index in [0.717, 1.165) is 39.0 Å². The van der Waals surface area contributed by atoms with E-state index in [1.807, 2.05) is 4.90 Å². The van der Waals surface area contributed by atoms with Gasteiger partial charge in [0.05, 0.1) is 5.69 Å².